The van der Waals surface area contributed by atoms with Gasteiger partial charge in [-0.05, 0) is 32.6 Å². The van der Waals surface area contributed by atoms with Crippen molar-refractivity contribution >= 4 is 23.7 Å². The van der Waals surface area contributed by atoms with Crippen LogP contribution in [-0.2, 0) is 19.2 Å². The smallest absolute Gasteiger partial charge is 0.328 e. The summed E-state index contributed by atoms with van der Waals surface area (Å²) in [5.74, 6) is -2.93. The van der Waals surface area contributed by atoms with E-state index >= 15 is 0 Å². The molecule has 0 bridgehead atoms. The molecule has 2 fully saturated rings. The molecular weight excluding hydrogens is 372 g/mol. The minimum Gasteiger partial charge on any atom is -0.480 e. The highest BCUT2D eigenvalue weighted by atomic mass is 16.4. The van der Waals surface area contributed by atoms with E-state index in [1.807, 2.05) is 0 Å². The number of rotatable bonds is 7. The molecule has 0 aromatic rings. The van der Waals surface area contributed by atoms with Crippen LogP contribution in [0.25, 0.3) is 0 Å². The predicted molar refractivity (Wildman–Crippen MR) is 95.8 cm³/mol. The minimum absolute atomic E-state index is 0.314. The Bertz CT molecular complexity index is 627. The van der Waals surface area contributed by atoms with Gasteiger partial charge in [0.2, 0.25) is 17.7 Å². The average molecular weight is 400 g/mol. The molecule has 5 atom stereocenters. The second-order valence-electron chi connectivity index (χ2n) is 7.23. The summed E-state index contributed by atoms with van der Waals surface area (Å²) in [6, 6.07) is -4.20. The molecule has 5 unspecified atom stereocenters. The van der Waals surface area contributed by atoms with Crippen LogP contribution in [0.3, 0.4) is 0 Å². The van der Waals surface area contributed by atoms with Gasteiger partial charge in [0.25, 0.3) is 0 Å². The molecule has 2 aliphatic heterocycles. The average Bonchev–Trinajstić information content (AvgIpc) is 3.32. The fraction of sp³-hybridized carbons (Fsp3) is 0.765. The minimum atomic E-state index is -1.45. The molecule has 0 aromatic heterocycles. The van der Waals surface area contributed by atoms with Gasteiger partial charge in [-0.25, -0.2) is 4.79 Å². The van der Waals surface area contributed by atoms with Crippen molar-refractivity contribution in [1.82, 2.24) is 15.1 Å². The van der Waals surface area contributed by atoms with Gasteiger partial charge < -0.3 is 36.2 Å². The maximum Gasteiger partial charge on any atom is 0.328 e. The van der Waals surface area contributed by atoms with Crippen molar-refractivity contribution < 1.29 is 34.5 Å². The van der Waals surface area contributed by atoms with E-state index in [1.165, 1.54) is 16.7 Å². The summed E-state index contributed by atoms with van der Waals surface area (Å²) in [4.78, 5) is 51.7. The lowest BCUT2D eigenvalue weighted by molar-refractivity contribution is -0.149. The van der Waals surface area contributed by atoms with Crippen LogP contribution >= 0.6 is 0 Å². The summed E-state index contributed by atoms with van der Waals surface area (Å²) in [7, 11) is 0. The van der Waals surface area contributed by atoms with E-state index < -0.39 is 60.6 Å². The topological polar surface area (TPSA) is 173 Å². The summed E-state index contributed by atoms with van der Waals surface area (Å²) in [5.41, 5.74) is 5.72. The Morgan fingerprint density at radius 2 is 1.68 bits per heavy atom. The Kier molecular flexibility index (Phi) is 7.33. The molecule has 0 aliphatic carbocycles. The Balaban J connectivity index is 2.10. The molecule has 11 nitrogen and oxygen atoms in total. The third-order valence-electron chi connectivity index (χ3n) is 5.26. The molecule has 2 aliphatic rings. The zero-order chi connectivity index (χ0) is 21.0. The van der Waals surface area contributed by atoms with Gasteiger partial charge in [0.1, 0.15) is 24.2 Å². The van der Waals surface area contributed by atoms with E-state index in [0.717, 1.165) is 0 Å². The molecule has 11 heteroatoms. The number of carbonyl (C=O) groups excluding carboxylic acids is 3. The maximum absolute atomic E-state index is 13.0. The highest BCUT2D eigenvalue weighted by Gasteiger charge is 2.43. The van der Waals surface area contributed by atoms with Crippen LogP contribution in [0.15, 0.2) is 0 Å². The number of hydrogen-bond donors (Lipinski definition) is 5. The largest absolute Gasteiger partial charge is 0.480 e. The second kappa shape index (κ2) is 9.30. The summed E-state index contributed by atoms with van der Waals surface area (Å²) in [6.07, 6.45) is 0.902. The molecule has 28 heavy (non-hydrogen) atoms. The lowest BCUT2D eigenvalue weighted by Crippen LogP contribution is -2.57. The molecule has 0 radical (unpaired) electrons. The first-order valence-electron chi connectivity index (χ1n) is 9.37. The lowest BCUT2D eigenvalue weighted by Gasteiger charge is -2.32. The van der Waals surface area contributed by atoms with E-state index in [-0.39, 0.29) is 0 Å². The van der Waals surface area contributed by atoms with Crippen molar-refractivity contribution in [3.05, 3.63) is 0 Å². The number of carboxylic acid groups (broad SMARTS) is 1. The molecule has 0 saturated carbocycles. The first-order valence-corrected chi connectivity index (χ1v) is 9.37. The molecule has 2 saturated heterocycles. The van der Waals surface area contributed by atoms with E-state index in [9.17, 15) is 24.3 Å². The van der Waals surface area contributed by atoms with Crippen molar-refractivity contribution in [2.24, 2.45) is 5.73 Å². The van der Waals surface area contributed by atoms with Crippen LogP contribution in [0.1, 0.15) is 32.6 Å². The van der Waals surface area contributed by atoms with Crippen molar-refractivity contribution in [3.8, 4) is 0 Å². The fourth-order valence-electron chi connectivity index (χ4n) is 3.63. The molecule has 0 spiro atoms. The van der Waals surface area contributed by atoms with Crippen molar-refractivity contribution in [1.29, 1.82) is 0 Å². The van der Waals surface area contributed by atoms with Crippen LogP contribution < -0.4 is 11.1 Å². The third-order valence-corrected chi connectivity index (χ3v) is 5.26. The number of carboxylic acids is 1. The number of aliphatic carboxylic acids is 1. The monoisotopic (exact) mass is 400 g/mol. The number of amides is 3. The van der Waals surface area contributed by atoms with Gasteiger partial charge >= 0.3 is 5.97 Å². The quantitative estimate of drug-likeness (QED) is 0.305. The highest BCUT2D eigenvalue weighted by Crippen LogP contribution is 2.25. The summed E-state index contributed by atoms with van der Waals surface area (Å²) in [6.45, 7) is 1.29. The van der Waals surface area contributed by atoms with Crippen LogP contribution in [0.2, 0.25) is 0 Å². The van der Waals surface area contributed by atoms with E-state index in [1.54, 1.807) is 0 Å². The number of nitrogens with one attached hydrogen (secondary N) is 1. The second-order valence-corrected chi connectivity index (χ2v) is 7.23. The predicted octanol–water partition coefficient (Wildman–Crippen LogP) is -2.76. The molecule has 0 aromatic carbocycles. The zero-order valence-electron chi connectivity index (χ0n) is 15.8. The number of hydrogen-bond acceptors (Lipinski definition) is 7. The summed E-state index contributed by atoms with van der Waals surface area (Å²) in [5, 5.41) is 29.8. The third kappa shape index (κ3) is 4.59. The lowest BCUT2D eigenvalue weighted by atomic mass is 10.1. The van der Waals surface area contributed by atoms with E-state index in [4.69, 9.17) is 15.9 Å². The van der Waals surface area contributed by atoms with Gasteiger partial charge in [0.05, 0.1) is 12.7 Å². The van der Waals surface area contributed by atoms with Crippen LogP contribution in [0, 0.1) is 0 Å². The number of carbonyl (C=O) groups is 4. The number of likely N-dealkylation sites (tertiary alicyclic amines) is 2. The van der Waals surface area contributed by atoms with Gasteiger partial charge in [0, 0.05) is 13.1 Å². The Labute approximate surface area is 162 Å². The standard InChI is InChI=1S/C17H28N4O7/c1-9(23)13(18)16(26)21-7-3-5-12(21)15(25)20-6-2-4-11(20)14(24)19-10(8-22)17(27)28/h9-13,22-23H,2-8,18H2,1H3,(H,19,24)(H,27,28). The van der Waals surface area contributed by atoms with Crippen LogP contribution in [0.4, 0.5) is 0 Å². The molecule has 3 amide bonds. The maximum atomic E-state index is 13.0. The van der Waals surface area contributed by atoms with Crippen molar-refractivity contribution in [3.63, 3.8) is 0 Å². The van der Waals surface area contributed by atoms with Gasteiger partial charge in [-0.3, -0.25) is 14.4 Å². The number of nitrogens with two attached hydrogens (primary N) is 1. The first kappa shape index (κ1) is 22.1. The number of aliphatic hydroxyl groups is 2. The van der Waals surface area contributed by atoms with Gasteiger partial charge in [-0.15, -0.1) is 0 Å². The normalized spacial score (nSPS) is 25.3. The van der Waals surface area contributed by atoms with Crippen LogP contribution in [-0.4, -0.2) is 98.8 Å². The highest BCUT2D eigenvalue weighted by molar-refractivity contribution is 5.95. The van der Waals surface area contributed by atoms with E-state index in [0.29, 0.717) is 38.8 Å². The van der Waals surface area contributed by atoms with E-state index in [2.05, 4.69) is 5.32 Å². The first-order chi connectivity index (χ1) is 13.2. The van der Waals surface area contributed by atoms with Crippen molar-refractivity contribution in [2.45, 2.75) is 62.9 Å². The molecular formula is C17H28N4O7. The van der Waals surface area contributed by atoms with Gasteiger partial charge in [-0.2, -0.15) is 0 Å². The molecule has 2 heterocycles. The van der Waals surface area contributed by atoms with Gasteiger partial charge in [0.15, 0.2) is 0 Å². The molecule has 6 N–H and O–H groups in total. The Morgan fingerprint density at radius 3 is 2.21 bits per heavy atom. The summed E-state index contributed by atoms with van der Waals surface area (Å²) >= 11 is 0. The van der Waals surface area contributed by atoms with Crippen LogP contribution in [0.5, 0.6) is 0 Å². The number of nitrogens with zero attached hydrogens (tertiary/aromatic N) is 2. The SMILES string of the molecule is CC(O)C(N)C(=O)N1CCCC1C(=O)N1CCCC1C(=O)NC(CO)C(=O)O. The van der Waals surface area contributed by atoms with Gasteiger partial charge in [-0.1, -0.05) is 0 Å². The van der Waals surface area contributed by atoms with Crippen molar-refractivity contribution in [2.75, 3.05) is 19.7 Å². The number of aliphatic hydroxyl groups excluding tert-OH is 2. The Hall–Kier alpha value is -2.24. The summed E-state index contributed by atoms with van der Waals surface area (Å²) < 4.78 is 0. The Morgan fingerprint density at radius 1 is 1.11 bits per heavy atom. The molecule has 2 rings (SSSR count). The zero-order valence-corrected chi connectivity index (χ0v) is 15.8. The fourth-order valence-corrected chi connectivity index (χ4v) is 3.63. The molecule has 158 valence electrons.